The Balaban J connectivity index is 1.77. The van der Waals surface area contributed by atoms with Gasteiger partial charge in [-0.2, -0.15) is 0 Å². The first kappa shape index (κ1) is 13.9. The van der Waals surface area contributed by atoms with Crippen LogP contribution in [0.25, 0.3) is 0 Å². The lowest BCUT2D eigenvalue weighted by Gasteiger charge is -2.45. The molecule has 2 aliphatic rings. The van der Waals surface area contributed by atoms with Crippen LogP contribution in [-0.4, -0.2) is 5.60 Å². The van der Waals surface area contributed by atoms with E-state index in [0.717, 1.165) is 30.7 Å². The number of halogens is 1. The lowest BCUT2D eigenvalue weighted by atomic mass is 9.72. The minimum atomic E-state index is -0.243. The number of ether oxygens (including phenoxy) is 1. The normalized spacial score (nSPS) is 32.8. The van der Waals surface area contributed by atoms with E-state index in [9.17, 15) is 4.39 Å². The highest BCUT2D eigenvalue weighted by Crippen LogP contribution is 2.47. The Morgan fingerprint density at radius 2 is 2.10 bits per heavy atom. The number of rotatable bonds is 2. The number of nitrogens with two attached hydrogens (primary N) is 1. The highest BCUT2D eigenvalue weighted by Gasteiger charge is 2.42. The van der Waals surface area contributed by atoms with Crippen LogP contribution >= 0.6 is 0 Å². The second kappa shape index (κ2) is 5.36. The fourth-order valence-electron chi connectivity index (χ4n) is 3.90. The molecule has 1 aliphatic heterocycles. The fourth-order valence-corrected chi connectivity index (χ4v) is 3.90. The molecule has 1 atom stereocenters. The van der Waals surface area contributed by atoms with Crippen molar-refractivity contribution in [1.82, 2.24) is 0 Å². The SMILES string of the molecule is CCCC1CCC2(CC1)C[C@@H](N)c1ccc(F)cc1O2. The first-order chi connectivity index (χ1) is 9.62. The molecule has 110 valence electrons. The van der Waals surface area contributed by atoms with Gasteiger partial charge < -0.3 is 10.5 Å². The summed E-state index contributed by atoms with van der Waals surface area (Å²) >= 11 is 0. The van der Waals surface area contributed by atoms with E-state index in [-0.39, 0.29) is 17.5 Å². The molecule has 1 fully saturated rings. The van der Waals surface area contributed by atoms with Crippen molar-refractivity contribution < 1.29 is 9.13 Å². The van der Waals surface area contributed by atoms with Crippen LogP contribution < -0.4 is 10.5 Å². The Kier molecular flexibility index (Phi) is 3.72. The molecule has 1 aromatic carbocycles. The molecule has 2 nitrogen and oxygen atoms in total. The number of hydrogen-bond donors (Lipinski definition) is 1. The molecule has 2 N–H and O–H groups in total. The molecule has 1 spiro atoms. The summed E-state index contributed by atoms with van der Waals surface area (Å²) in [5.74, 6) is 1.25. The summed E-state index contributed by atoms with van der Waals surface area (Å²) in [6.45, 7) is 2.25. The van der Waals surface area contributed by atoms with Gasteiger partial charge in [0.2, 0.25) is 0 Å². The van der Waals surface area contributed by atoms with Gasteiger partial charge in [0.25, 0.3) is 0 Å². The molecule has 0 aromatic heterocycles. The number of benzene rings is 1. The Labute approximate surface area is 120 Å². The first-order valence-electron chi connectivity index (χ1n) is 7.86. The zero-order chi connectivity index (χ0) is 14.2. The van der Waals surface area contributed by atoms with Crippen LogP contribution in [0.1, 0.15) is 63.5 Å². The van der Waals surface area contributed by atoms with Crippen LogP contribution in [0.5, 0.6) is 5.75 Å². The molecule has 1 aliphatic carbocycles. The molecule has 0 saturated heterocycles. The van der Waals surface area contributed by atoms with Gasteiger partial charge in [-0.3, -0.25) is 0 Å². The molecule has 0 unspecified atom stereocenters. The standard InChI is InChI=1S/C17H24FNO/c1-2-3-12-6-8-17(9-7-12)11-15(19)14-5-4-13(18)10-16(14)20-17/h4-5,10,12,15H,2-3,6-9,11,19H2,1H3/t12?,15-,17?/m1/s1. The molecule has 1 heterocycles. The monoisotopic (exact) mass is 277 g/mol. The van der Waals surface area contributed by atoms with Crippen molar-refractivity contribution in [2.45, 2.75) is 63.5 Å². The van der Waals surface area contributed by atoms with Gasteiger partial charge in [0, 0.05) is 24.1 Å². The molecule has 3 rings (SSSR count). The Morgan fingerprint density at radius 3 is 2.80 bits per heavy atom. The molecular weight excluding hydrogens is 253 g/mol. The minimum Gasteiger partial charge on any atom is -0.487 e. The molecule has 20 heavy (non-hydrogen) atoms. The maximum atomic E-state index is 13.4. The third-order valence-corrected chi connectivity index (χ3v) is 5.01. The van der Waals surface area contributed by atoms with Gasteiger partial charge in [0.05, 0.1) is 0 Å². The maximum Gasteiger partial charge on any atom is 0.127 e. The average molecular weight is 277 g/mol. The largest absolute Gasteiger partial charge is 0.487 e. The predicted molar refractivity (Wildman–Crippen MR) is 78.2 cm³/mol. The second-order valence-electron chi connectivity index (χ2n) is 6.51. The lowest BCUT2D eigenvalue weighted by molar-refractivity contribution is -0.0118. The smallest absolute Gasteiger partial charge is 0.127 e. The van der Waals surface area contributed by atoms with Gasteiger partial charge in [-0.15, -0.1) is 0 Å². The highest BCUT2D eigenvalue weighted by molar-refractivity contribution is 5.39. The van der Waals surface area contributed by atoms with E-state index >= 15 is 0 Å². The fraction of sp³-hybridized carbons (Fsp3) is 0.647. The van der Waals surface area contributed by atoms with Crippen LogP contribution in [0.4, 0.5) is 4.39 Å². The van der Waals surface area contributed by atoms with Crippen molar-refractivity contribution in [2.24, 2.45) is 11.7 Å². The molecular formula is C17H24FNO. The summed E-state index contributed by atoms with van der Waals surface area (Å²) in [4.78, 5) is 0. The quantitative estimate of drug-likeness (QED) is 0.873. The van der Waals surface area contributed by atoms with Crippen LogP contribution in [0.3, 0.4) is 0 Å². The summed E-state index contributed by atoms with van der Waals surface area (Å²) in [5, 5.41) is 0. The summed E-state index contributed by atoms with van der Waals surface area (Å²) < 4.78 is 19.6. The minimum absolute atomic E-state index is 0.0259. The zero-order valence-electron chi connectivity index (χ0n) is 12.2. The van der Waals surface area contributed by atoms with E-state index in [1.165, 1.54) is 37.8 Å². The van der Waals surface area contributed by atoms with E-state index in [1.54, 1.807) is 6.07 Å². The van der Waals surface area contributed by atoms with E-state index in [0.29, 0.717) is 5.75 Å². The highest BCUT2D eigenvalue weighted by atomic mass is 19.1. The Morgan fingerprint density at radius 1 is 1.35 bits per heavy atom. The van der Waals surface area contributed by atoms with E-state index < -0.39 is 0 Å². The molecule has 0 radical (unpaired) electrons. The van der Waals surface area contributed by atoms with Gasteiger partial charge in [-0.05, 0) is 37.7 Å². The van der Waals surface area contributed by atoms with Crippen molar-refractivity contribution >= 4 is 0 Å². The van der Waals surface area contributed by atoms with E-state index in [2.05, 4.69) is 6.92 Å². The van der Waals surface area contributed by atoms with Gasteiger partial charge in [-0.1, -0.05) is 25.8 Å². The Bertz CT molecular complexity index is 480. The van der Waals surface area contributed by atoms with Gasteiger partial charge in [0.15, 0.2) is 0 Å². The molecule has 3 heteroatoms. The summed E-state index contributed by atoms with van der Waals surface area (Å²) in [5.41, 5.74) is 7.10. The van der Waals surface area contributed by atoms with Gasteiger partial charge in [-0.25, -0.2) is 4.39 Å². The topological polar surface area (TPSA) is 35.2 Å². The van der Waals surface area contributed by atoms with Crippen molar-refractivity contribution in [3.63, 3.8) is 0 Å². The van der Waals surface area contributed by atoms with Crippen LogP contribution in [0.2, 0.25) is 0 Å². The maximum absolute atomic E-state index is 13.4. The van der Waals surface area contributed by atoms with Crippen molar-refractivity contribution in [3.05, 3.63) is 29.6 Å². The van der Waals surface area contributed by atoms with Gasteiger partial charge >= 0.3 is 0 Å². The third-order valence-electron chi connectivity index (χ3n) is 5.01. The molecule has 0 amide bonds. The molecule has 0 bridgehead atoms. The van der Waals surface area contributed by atoms with Crippen LogP contribution in [-0.2, 0) is 0 Å². The second-order valence-corrected chi connectivity index (χ2v) is 6.51. The number of fused-ring (bicyclic) bond motifs is 1. The van der Waals surface area contributed by atoms with Crippen LogP contribution in [0.15, 0.2) is 18.2 Å². The Hall–Kier alpha value is -1.09. The number of hydrogen-bond acceptors (Lipinski definition) is 2. The summed E-state index contributed by atoms with van der Waals surface area (Å²) in [7, 11) is 0. The first-order valence-corrected chi connectivity index (χ1v) is 7.86. The van der Waals surface area contributed by atoms with Crippen LogP contribution in [0, 0.1) is 11.7 Å². The lowest BCUT2D eigenvalue weighted by Crippen LogP contribution is -2.45. The van der Waals surface area contributed by atoms with E-state index in [1.807, 2.05) is 0 Å². The van der Waals surface area contributed by atoms with Gasteiger partial charge in [0.1, 0.15) is 17.2 Å². The molecule has 1 aromatic rings. The molecule has 1 saturated carbocycles. The van der Waals surface area contributed by atoms with Crippen molar-refractivity contribution in [1.29, 1.82) is 0 Å². The summed E-state index contributed by atoms with van der Waals surface area (Å²) in [6, 6.07) is 4.71. The van der Waals surface area contributed by atoms with E-state index in [4.69, 9.17) is 10.5 Å². The third kappa shape index (κ3) is 2.56. The predicted octanol–water partition coefficient (Wildman–Crippen LogP) is 4.34. The van der Waals surface area contributed by atoms with Crippen molar-refractivity contribution in [2.75, 3.05) is 0 Å². The average Bonchev–Trinajstić information content (AvgIpc) is 2.41. The zero-order valence-corrected chi connectivity index (χ0v) is 12.2. The van der Waals surface area contributed by atoms with Crippen molar-refractivity contribution in [3.8, 4) is 5.75 Å². The summed E-state index contributed by atoms with van der Waals surface area (Å²) in [6.07, 6.45) is 7.98.